The predicted octanol–water partition coefficient (Wildman–Crippen LogP) is 2.67. The second kappa shape index (κ2) is 6.08. The van der Waals surface area contributed by atoms with Crippen molar-refractivity contribution in [3.05, 3.63) is 30.5 Å². The Hall–Kier alpha value is -1.17. The zero-order chi connectivity index (χ0) is 13.9. The van der Waals surface area contributed by atoms with Crippen molar-refractivity contribution in [2.24, 2.45) is 0 Å². The summed E-state index contributed by atoms with van der Waals surface area (Å²) in [4.78, 5) is 4.64. The van der Waals surface area contributed by atoms with Crippen LogP contribution in [0.5, 0.6) is 0 Å². The Morgan fingerprint density at radius 2 is 2.40 bits per heavy atom. The van der Waals surface area contributed by atoms with E-state index in [9.17, 15) is 5.11 Å². The molecule has 1 atom stereocenters. The summed E-state index contributed by atoms with van der Waals surface area (Å²) in [6.07, 6.45) is 1.57. The van der Waals surface area contributed by atoms with Crippen molar-refractivity contribution in [3.63, 3.8) is 0 Å². The highest BCUT2D eigenvalue weighted by Crippen LogP contribution is 2.29. The minimum atomic E-state index is -0.534. The number of benzene rings is 1. The number of thioether (sulfide) groups is 1. The van der Waals surface area contributed by atoms with E-state index in [0.717, 1.165) is 34.4 Å². The molecule has 2 heterocycles. The van der Waals surface area contributed by atoms with Crippen molar-refractivity contribution in [2.75, 3.05) is 23.5 Å². The van der Waals surface area contributed by atoms with Gasteiger partial charge in [-0.05, 0) is 12.1 Å². The maximum atomic E-state index is 9.47. The molecule has 1 aliphatic heterocycles. The molecule has 0 spiro atoms. The summed E-state index contributed by atoms with van der Waals surface area (Å²) in [7, 11) is 0. The first-order valence-corrected chi connectivity index (χ1v) is 8.06. The number of aromatic nitrogens is 2. The number of hydrogen-bond donors (Lipinski definition) is 2. The number of rotatable bonds is 5. The lowest BCUT2D eigenvalue weighted by atomic mass is 10.1. The van der Waals surface area contributed by atoms with E-state index in [4.69, 9.17) is 11.6 Å². The van der Waals surface area contributed by atoms with Gasteiger partial charge in [-0.3, -0.25) is 0 Å². The average molecular weight is 310 g/mol. The van der Waals surface area contributed by atoms with Crippen LogP contribution in [0.15, 0.2) is 35.6 Å². The van der Waals surface area contributed by atoms with Crippen molar-refractivity contribution in [2.45, 2.75) is 17.8 Å². The Morgan fingerprint density at radius 3 is 3.20 bits per heavy atom. The Balaban J connectivity index is 1.76. The van der Waals surface area contributed by atoms with Crippen molar-refractivity contribution >= 4 is 29.1 Å². The minimum Gasteiger partial charge on any atom is -0.390 e. The van der Waals surface area contributed by atoms with Crippen LogP contribution in [0.2, 0.25) is 0 Å². The third kappa shape index (κ3) is 2.95. The Kier molecular flexibility index (Phi) is 4.19. The number of nitrogens with zero attached hydrogens (tertiary/aromatic N) is 2. The molecular weight excluding hydrogens is 294 g/mol. The van der Waals surface area contributed by atoms with Gasteiger partial charge >= 0.3 is 0 Å². The predicted molar refractivity (Wildman–Crippen MR) is 83.6 cm³/mol. The summed E-state index contributed by atoms with van der Waals surface area (Å²) >= 11 is 7.38. The van der Waals surface area contributed by atoms with Gasteiger partial charge in [-0.2, -0.15) is 0 Å². The fraction of sp³-hybridized carbons (Fsp3) is 0.357. The van der Waals surface area contributed by atoms with Gasteiger partial charge in [0.15, 0.2) is 5.16 Å². The van der Waals surface area contributed by atoms with Gasteiger partial charge in [0, 0.05) is 36.3 Å². The number of aliphatic hydroxyl groups excluding tert-OH is 1. The third-order valence-electron chi connectivity index (χ3n) is 3.18. The molecule has 2 N–H and O–H groups in total. The van der Waals surface area contributed by atoms with Gasteiger partial charge in [-0.15, -0.1) is 11.6 Å². The van der Waals surface area contributed by atoms with Crippen LogP contribution in [0, 0.1) is 0 Å². The average Bonchev–Trinajstić information content (AvgIpc) is 3.06. The highest BCUT2D eigenvalue weighted by Gasteiger charge is 2.15. The van der Waals surface area contributed by atoms with E-state index in [2.05, 4.69) is 21.1 Å². The first kappa shape index (κ1) is 13.8. The van der Waals surface area contributed by atoms with Crippen LogP contribution in [-0.2, 0) is 6.54 Å². The van der Waals surface area contributed by atoms with Crippen LogP contribution in [0.3, 0.4) is 0 Å². The summed E-state index contributed by atoms with van der Waals surface area (Å²) in [6, 6.07) is 8.06. The van der Waals surface area contributed by atoms with Crippen LogP contribution < -0.4 is 5.32 Å². The zero-order valence-electron chi connectivity index (χ0n) is 10.9. The molecule has 0 saturated heterocycles. The van der Waals surface area contributed by atoms with Gasteiger partial charge in [-0.1, -0.05) is 23.9 Å². The lowest BCUT2D eigenvalue weighted by Gasteiger charge is -2.10. The van der Waals surface area contributed by atoms with Crippen molar-refractivity contribution in [1.29, 1.82) is 0 Å². The number of hydrogen-bond acceptors (Lipinski definition) is 4. The molecular formula is C14H16ClN3OS. The lowest BCUT2D eigenvalue weighted by Crippen LogP contribution is -2.20. The molecule has 6 heteroatoms. The number of nitrogens with one attached hydrogen (secondary N) is 1. The minimum absolute atomic E-state index is 0.234. The molecule has 106 valence electrons. The van der Waals surface area contributed by atoms with Crippen molar-refractivity contribution in [1.82, 2.24) is 9.55 Å². The quantitative estimate of drug-likeness (QED) is 0.834. The van der Waals surface area contributed by atoms with Crippen LogP contribution in [0.25, 0.3) is 11.3 Å². The highest BCUT2D eigenvalue weighted by molar-refractivity contribution is 7.99. The molecule has 0 amide bonds. The second-order valence-electron chi connectivity index (χ2n) is 4.72. The van der Waals surface area contributed by atoms with E-state index < -0.39 is 6.10 Å². The number of halogens is 1. The zero-order valence-corrected chi connectivity index (χ0v) is 12.5. The number of aliphatic hydroxyl groups is 1. The maximum Gasteiger partial charge on any atom is 0.168 e. The van der Waals surface area contributed by atoms with Gasteiger partial charge in [0.1, 0.15) is 0 Å². The number of imidazole rings is 1. The van der Waals surface area contributed by atoms with Crippen LogP contribution in [-0.4, -0.2) is 38.9 Å². The van der Waals surface area contributed by atoms with E-state index >= 15 is 0 Å². The van der Waals surface area contributed by atoms with Gasteiger partial charge in [0.25, 0.3) is 0 Å². The van der Waals surface area contributed by atoms with E-state index in [1.54, 1.807) is 11.8 Å². The van der Waals surface area contributed by atoms with E-state index in [0.29, 0.717) is 6.54 Å². The summed E-state index contributed by atoms with van der Waals surface area (Å²) in [6.45, 7) is 1.48. The summed E-state index contributed by atoms with van der Waals surface area (Å²) in [5, 5.41) is 13.7. The largest absolute Gasteiger partial charge is 0.390 e. The van der Waals surface area contributed by atoms with Gasteiger partial charge in [-0.25, -0.2) is 4.98 Å². The number of anilines is 1. The molecule has 2 aromatic rings. The van der Waals surface area contributed by atoms with E-state index in [1.807, 2.05) is 24.3 Å². The Bertz CT molecular complexity index is 580. The first-order valence-electron chi connectivity index (χ1n) is 6.54. The van der Waals surface area contributed by atoms with Gasteiger partial charge in [0.2, 0.25) is 0 Å². The molecule has 1 aromatic heterocycles. The summed E-state index contributed by atoms with van der Waals surface area (Å²) < 4.78 is 2.19. The number of alkyl halides is 1. The molecule has 1 unspecified atom stereocenters. The summed E-state index contributed by atoms with van der Waals surface area (Å²) in [5.74, 6) is 1.35. The lowest BCUT2D eigenvalue weighted by molar-refractivity contribution is 0.211. The van der Waals surface area contributed by atoms with Crippen LogP contribution >= 0.6 is 23.4 Å². The van der Waals surface area contributed by atoms with Gasteiger partial charge in [0.05, 0.1) is 17.7 Å². The van der Waals surface area contributed by atoms with Gasteiger partial charge < -0.3 is 15.0 Å². The fourth-order valence-corrected chi connectivity index (χ4v) is 3.18. The number of aryl methyl sites for hydroxylation is 1. The van der Waals surface area contributed by atoms with Crippen molar-refractivity contribution in [3.8, 4) is 11.3 Å². The molecule has 1 aliphatic rings. The highest BCUT2D eigenvalue weighted by atomic mass is 35.5. The van der Waals surface area contributed by atoms with Crippen LogP contribution in [0.4, 0.5) is 5.69 Å². The number of fused-ring (bicyclic) bond motifs is 1. The molecule has 0 saturated carbocycles. The monoisotopic (exact) mass is 309 g/mol. The maximum absolute atomic E-state index is 9.47. The molecule has 0 radical (unpaired) electrons. The topological polar surface area (TPSA) is 50.1 Å². The second-order valence-corrected chi connectivity index (χ2v) is 6.09. The first-order chi connectivity index (χ1) is 9.76. The molecule has 3 rings (SSSR count). The van der Waals surface area contributed by atoms with E-state index in [-0.39, 0.29) is 5.88 Å². The third-order valence-corrected chi connectivity index (χ3v) is 4.51. The fourth-order valence-electron chi connectivity index (χ4n) is 2.13. The summed E-state index contributed by atoms with van der Waals surface area (Å²) in [5.41, 5.74) is 3.04. The molecule has 20 heavy (non-hydrogen) atoms. The SMILES string of the molecule is OC(CCl)CNc1cccc(-c2cn3c(n2)SCC3)c1. The smallest absolute Gasteiger partial charge is 0.168 e. The Labute approximate surface area is 127 Å². The molecule has 4 nitrogen and oxygen atoms in total. The van der Waals surface area contributed by atoms with Crippen molar-refractivity contribution < 1.29 is 5.11 Å². The Morgan fingerprint density at radius 1 is 1.50 bits per heavy atom. The molecule has 0 fully saturated rings. The molecule has 0 bridgehead atoms. The molecule has 1 aromatic carbocycles. The normalized spacial score (nSPS) is 15.1. The van der Waals surface area contributed by atoms with E-state index in [1.165, 1.54) is 0 Å². The standard InChI is InChI=1S/C14H16ClN3OS/c15-7-12(19)8-16-11-3-1-2-10(6-11)13-9-18-4-5-20-14(18)17-13/h1-3,6,9,12,16,19H,4-5,7-8H2. The van der Waals surface area contributed by atoms with Crippen LogP contribution in [0.1, 0.15) is 0 Å². The molecule has 0 aliphatic carbocycles.